The van der Waals surface area contributed by atoms with Crippen LogP contribution in [-0.2, 0) is 19.7 Å². The van der Waals surface area contributed by atoms with Crippen molar-refractivity contribution in [3.05, 3.63) is 0 Å². The van der Waals surface area contributed by atoms with Crippen molar-refractivity contribution >= 4 is 56.5 Å². The molecule has 0 saturated heterocycles. The summed E-state index contributed by atoms with van der Waals surface area (Å²) < 4.78 is 12.7. The first-order valence-corrected chi connectivity index (χ1v) is 30.3. The standard InChI is InChI=1S/C36H68N2O2Si2.2BrH.Ni/c1-27-21-23-29-15-9-11-17-31(29)35(27)37-33(19-13-25-39-41(3,4)5)34(20-14-26-40-42(6,7)8)38-36-28(2)22-24-30-16-10-12-18-32(30)36;;;/h27-32,35-36H,9-26H2,1-8H3;2*1H;/q;;;+2/p-2. The van der Waals surface area contributed by atoms with Gasteiger partial charge in [-0.05, 0) is 139 Å². The molecule has 8 atom stereocenters. The van der Waals surface area contributed by atoms with Gasteiger partial charge in [0.2, 0.25) is 0 Å². The van der Waals surface area contributed by atoms with Crippen LogP contribution in [0, 0.1) is 35.5 Å². The Balaban J connectivity index is 0.00000177. The van der Waals surface area contributed by atoms with E-state index in [0.717, 1.165) is 62.6 Å². The van der Waals surface area contributed by atoms with Gasteiger partial charge in [0.15, 0.2) is 16.6 Å². The van der Waals surface area contributed by atoms with Crippen LogP contribution in [0.25, 0.3) is 0 Å². The molecular formula is C36H68Br2N2NiO2Si2. The molecule has 0 aromatic heterocycles. The summed E-state index contributed by atoms with van der Waals surface area (Å²) in [5.41, 5.74) is 2.71. The monoisotopic (exact) mass is 832 g/mol. The summed E-state index contributed by atoms with van der Waals surface area (Å²) in [7, 11) is -1.80. The summed E-state index contributed by atoms with van der Waals surface area (Å²) >= 11 is 6.00. The molecule has 0 aromatic rings. The number of hydrogen-bond acceptors (Lipinski definition) is 4. The van der Waals surface area contributed by atoms with E-state index in [1.54, 1.807) is 0 Å². The van der Waals surface area contributed by atoms with Gasteiger partial charge in [-0.2, -0.15) is 0 Å². The molecule has 0 amide bonds. The maximum absolute atomic E-state index is 6.36. The number of rotatable bonds is 13. The van der Waals surface area contributed by atoms with Gasteiger partial charge in [-0.3, -0.25) is 9.98 Å². The quantitative estimate of drug-likeness (QED) is 0.105. The topological polar surface area (TPSA) is 43.2 Å². The molecule has 266 valence electrons. The average Bonchev–Trinajstić information content (AvgIpc) is 2.98. The summed E-state index contributed by atoms with van der Waals surface area (Å²) in [6.45, 7) is 20.6. The number of aliphatic imine (C=N–C) groups is 2. The van der Waals surface area contributed by atoms with Crippen molar-refractivity contribution in [3.8, 4) is 0 Å². The Bertz CT molecular complexity index is 854. The first kappa shape index (κ1) is 40.6. The van der Waals surface area contributed by atoms with Crippen molar-refractivity contribution in [1.29, 1.82) is 0 Å². The van der Waals surface area contributed by atoms with Gasteiger partial charge in [0.05, 0.1) is 23.5 Å². The van der Waals surface area contributed by atoms with E-state index in [1.165, 1.54) is 99.4 Å². The van der Waals surface area contributed by atoms with Gasteiger partial charge < -0.3 is 8.85 Å². The fraction of sp³-hybridized carbons (Fsp3) is 0.944. The molecule has 9 heteroatoms. The summed E-state index contributed by atoms with van der Waals surface area (Å²) in [5.74, 6) is 4.72. The second-order valence-corrected chi connectivity index (χ2v) is 30.8. The zero-order valence-electron chi connectivity index (χ0n) is 30.1. The fourth-order valence-electron chi connectivity index (χ4n) is 8.84. The van der Waals surface area contributed by atoms with Crippen LogP contribution >= 0.6 is 28.5 Å². The van der Waals surface area contributed by atoms with Crippen LogP contribution in [0.5, 0.6) is 0 Å². The van der Waals surface area contributed by atoms with Crippen LogP contribution in [0.3, 0.4) is 0 Å². The molecule has 4 nitrogen and oxygen atoms in total. The summed E-state index contributed by atoms with van der Waals surface area (Å²) in [6, 6.07) is 0.957. The van der Waals surface area contributed by atoms with Gasteiger partial charge in [-0.15, -0.1) is 0 Å². The number of nitrogens with zero attached hydrogens (tertiary/aromatic N) is 2. The van der Waals surface area contributed by atoms with Crippen molar-refractivity contribution < 1.29 is 19.7 Å². The Hall–Kier alpha value is 1.15. The minimum atomic E-state index is -1.52. The van der Waals surface area contributed by atoms with E-state index in [1.807, 2.05) is 0 Å². The molecule has 0 spiro atoms. The van der Waals surface area contributed by atoms with Gasteiger partial charge in [-0.25, -0.2) is 0 Å². The van der Waals surface area contributed by atoms with Crippen LogP contribution in [-0.4, -0.2) is 53.4 Å². The first-order chi connectivity index (χ1) is 21.3. The predicted octanol–water partition coefficient (Wildman–Crippen LogP) is 12.0. The molecule has 0 bridgehead atoms. The Labute approximate surface area is 300 Å². The van der Waals surface area contributed by atoms with Gasteiger partial charge >= 0.3 is 39.3 Å². The maximum atomic E-state index is 6.36. The zero-order chi connectivity index (χ0) is 33.0. The average molecular weight is 836 g/mol. The fourth-order valence-corrected chi connectivity index (χ4v) is 10.4. The molecule has 8 unspecified atom stereocenters. The van der Waals surface area contributed by atoms with E-state index in [9.17, 15) is 0 Å². The van der Waals surface area contributed by atoms with Gasteiger partial charge in [0, 0.05) is 13.2 Å². The van der Waals surface area contributed by atoms with Crippen LogP contribution < -0.4 is 0 Å². The third-order valence-electron chi connectivity index (χ3n) is 11.1. The van der Waals surface area contributed by atoms with Gasteiger partial charge in [-0.1, -0.05) is 52.4 Å². The molecule has 45 heavy (non-hydrogen) atoms. The van der Waals surface area contributed by atoms with Crippen molar-refractivity contribution in [2.75, 3.05) is 13.2 Å². The van der Waals surface area contributed by atoms with Crippen LogP contribution in [0.2, 0.25) is 39.3 Å². The third-order valence-corrected chi connectivity index (χ3v) is 13.2. The SMILES string of the molecule is CC1CCC2CCCCC2C1N=C(CCCO[Si](C)(C)C)C(CCCO[Si](C)(C)C)=NC1C(C)CCC2CCCCC21.[Br][Ni][Br]. The predicted molar refractivity (Wildman–Crippen MR) is 205 cm³/mol. The van der Waals surface area contributed by atoms with E-state index < -0.39 is 16.6 Å². The molecule has 0 N–H and O–H groups in total. The zero-order valence-corrected chi connectivity index (χ0v) is 36.3. The van der Waals surface area contributed by atoms with E-state index in [0.29, 0.717) is 23.9 Å². The molecule has 4 fully saturated rings. The molecule has 0 radical (unpaired) electrons. The Morgan fingerprint density at radius 3 is 1.31 bits per heavy atom. The van der Waals surface area contributed by atoms with Gasteiger partial charge in [0.1, 0.15) is 0 Å². The second-order valence-electron chi connectivity index (χ2n) is 16.8. The molecule has 0 aliphatic heterocycles. The Kier molecular flexibility index (Phi) is 18.1. The molecule has 4 saturated carbocycles. The summed E-state index contributed by atoms with van der Waals surface area (Å²) in [4.78, 5) is 11.7. The van der Waals surface area contributed by atoms with E-state index in [-0.39, 0.29) is 0 Å². The van der Waals surface area contributed by atoms with Gasteiger partial charge in [0.25, 0.3) is 0 Å². The van der Waals surface area contributed by atoms with Crippen molar-refractivity contribution in [3.63, 3.8) is 0 Å². The molecule has 0 heterocycles. The summed E-state index contributed by atoms with van der Waals surface area (Å²) in [5, 5.41) is 0. The molecular weight excluding hydrogens is 767 g/mol. The summed E-state index contributed by atoms with van der Waals surface area (Å²) in [6.07, 6.45) is 21.0. The Morgan fingerprint density at radius 2 is 0.956 bits per heavy atom. The van der Waals surface area contributed by atoms with Crippen molar-refractivity contribution in [2.45, 2.75) is 168 Å². The normalized spacial score (nSPS) is 33.2. The minimum absolute atomic E-state index is 0.478. The molecule has 4 rings (SSSR count). The van der Waals surface area contributed by atoms with E-state index in [2.05, 4.69) is 81.6 Å². The number of hydrogen-bond donors (Lipinski definition) is 0. The molecule has 4 aliphatic rings. The van der Waals surface area contributed by atoms with Crippen molar-refractivity contribution in [1.82, 2.24) is 0 Å². The molecule has 0 aromatic carbocycles. The van der Waals surface area contributed by atoms with Crippen LogP contribution in [0.4, 0.5) is 0 Å². The van der Waals surface area contributed by atoms with Crippen LogP contribution in [0.15, 0.2) is 9.98 Å². The van der Waals surface area contributed by atoms with Crippen molar-refractivity contribution in [2.24, 2.45) is 45.5 Å². The molecule has 4 aliphatic carbocycles. The third kappa shape index (κ3) is 14.1. The number of halogens is 2. The second kappa shape index (κ2) is 20.1. The van der Waals surface area contributed by atoms with E-state index >= 15 is 0 Å². The Morgan fingerprint density at radius 1 is 0.600 bits per heavy atom. The van der Waals surface area contributed by atoms with E-state index in [4.69, 9.17) is 18.8 Å². The first-order valence-electron chi connectivity index (χ1n) is 18.6. The van der Waals surface area contributed by atoms with Crippen LogP contribution in [0.1, 0.15) is 117 Å². The number of fused-ring (bicyclic) bond motifs is 2.